The fourth-order valence-corrected chi connectivity index (χ4v) is 5.36. The van der Waals surface area contributed by atoms with Gasteiger partial charge in [-0.25, -0.2) is 0 Å². The number of ether oxygens (including phenoxy) is 2. The van der Waals surface area contributed by atoms with Crippen LogP contribution >= 0.6 is 11.8 Å². The van der Waals surface area contributed by atoms with Crippen molar-refractivity contribution in [2.45, 2.75) is 37.7 Å². The molecule has 1 N–H and O–H groups in total. The van der Waals surface area contributed by atoms with Gasteiger partial charge in [-0.15, -0.1) is 11.8 Å². The number of nitrogens with zero attached hydrogens (tertiary/aromatic N) is 2. The fourth-order valence-electron chi connectivity index (χ4n) is 3.88. The van der Waals surface area contributed by atoms with Gasteiger partial charge in [0.2, 0.25) is 5.91 Å². The topological polar surface area (TPSA) is 99.9 Å². The molecule has 2 aromatic rings. The van der Waals surface area contributed by atoms with Crippen LogP contribution in [-0.2, 0) is 9.59 Å². The Morgan fingerprint density at radius 1 is 1.15 bits per heavy atom. The summed E-state index contributed by atoms with van der Waals surface area (Å²) in [7, 11) is 3.12. The molecule has 0 aliphatic carbocycles. The molecule has 0 saturated heterocycles. The van der Waals surface area contributed by atoms with Crippen molar-refractivity contribution in [2.24, 2.45) is 5.41 Å². The summed E-state index contributed by atoms with van der Waals surface area (Å²) in [5, 5.41) is 17.9. The number of nitriles is 1. The van der Waals surface area contributed by atoms with E-state index in [0.29, 0.717) is 29.3 Å². The molecule has 0 spiro atoms. The maximum Gasteiger partial charge on any atom is 0.305 e. The van der Waals surface area contributed by atoms with Gasteiger partial charge in [0.1, 0.15) is 11.5 Å². The second-order valence-corrected chi connectivity index (χ2v) is 10.4. The van der Waals surface area contributed by atoms with Crippen molar-refractivity contribution in [1.29, 1.82) is 5.26 Å². The molecule has 2 aromatic carbocycles. The molecule has 1 heterocycles. The molecule has 0 aromatic heterocycles. The Morgan fingerprint density at radius 3 is 2.45 bits per heavy atom. The number of benzene rings is 2. The highest BCUT2D eigenvalue weighted by Gasteiger charge is 2.39. The molecular weight excluding hydrogens is 440 g/mol. The Morgan fingerprint density at radius 2 is 1.88 bits per heavy atom. The summed E-state index contributed by atoms with van der Waals surface area (Å²) < 4.78 is 11.0. The quantitative estimate of drug-likeness (QED) is 0.659. The van der Waals surface area contributed by atoms with Gasteiger partial charge in [-0.1, -0.05) is 26.8 Å². The number of anilines is 1. The summed E-state index contributed by atoms with van der Waals surface area (Å²) in [5.41, 5.74) is 2.47. The predicted molar refractivity (Wildman–Crippen MR) is 128 cm³/mol. The van der Waals surface area contributed by atoms with E-state index in [9.17, 15) is 20.0 Å². The van der Waals surface area contributed by atoms with Crippen molar-refractivity contribution < 1.29 is 24.2 Å². The van der Waals surface area contributed by atoms with Crippen LogP contribution in [0, 0.1) is 16.7 Å². The smallest absolute Gasteiger partial charge is 0.305 e. The maximum absolute atomic E-state index is 13.6. The summed E-state index contributed by atoms with van der Waals surface area (Å²) >= 11 is 1.27. The average molecular weight is 469 g/mol. The lowest BCUT2D eigenvalue weighted by Crippen LogP contribution is -2.42. The van der Waals surface area contributed by atoms with Crippen molar-refractivity contribution in [3.63, 3.8) is 0 Å². The standard InChI is InChI=1S/C25H28N2O5S/c1-25(2,3)14-27-19-9-6-15(13-26)10-18(19)23(33-21(24(27)30)12-22(28)29)17-8-7-16(31-4)11-20(17)32-5/h6-11,21,23H,12,14H2,1-5H3,(H,28,29). The fraction of sp³-hybridized carbons (Fsp3) is 0.400. The van der Waals surface area contributed by atoms with E-state index in [1.807, 2.05) is 26.8 Å². The van der Waals surface area contributed by atoms with Crippen LogP contribution in [0.5, 0.6) is 11.5 Å². The number of thioether (sulfide) groups is 1. The number of hydrogen-bond acceptors (Lipinski definition) is 6. The van der Waals surface area contributed by atoms with Crippen LogP contribution in [0.15, 0.2) is 36.4 Å². The molecule has 2 unspecified atom stereocenters. The zero-order chi connectivity index (χ0) is 24.3. The average Bonchev–Trinajstić information content (AvgIpc) is 2.87. The number of fused-ring (bicyclic) bond motifs is 1. The Balaban J connectivity index is 2.27. The van der Waals surface area contributed by atoms with Gasteiger partial charge in [-0.2, -0.15) is 5.26 Å². The number of carboxylic acids is 1. The van der Waals surface area contributed by atoms with Gasteiger partial charge in [0.05, 0.1) is 42.8 Å². The van der Waals surface area contributed by atoms with E-state index in [1.54, 1.807) is 49.5 Å². The Hall–Kier alpha value is -3.18. The van der Waals surface area contributed by atoms with Crippen LogP contribution in [0.2, 0.25) is 0 Å². The number of methoxy groups -OCH3 is 2. The summed E-state index contributed by atoms with van der Waals surface area (Å²) in [4.78, 5) is 27.0. The van der Waals surface area contributed by atoms with Crippen molar-refractivity contribution >= 4 is 29.3 Å². The normalized spacial score (nSPS) is 18.2. The van der Waals surface area contributed by atoms with Gasteiger partial charge in [0.25, 0.3) is 0 Å². The number of carboxylic acid groups (broad SMARTS) is 1. The van der Waals surface area contributed by atoms with Crippen molar-refractivity contribution in [3.8, 4) is 17.6 Å². The zero-order valence-electron chi connectivity index (χ0n) is 19.4. The third-order valence-corrected chi connectivity index (χ3v) is 6.76. The third kappa shape index (κ3) is 5.42. The van der Waals surface area contributed by atoms with Gasteiger partial charge < -0.3 is 19.5 Å². The summed E-state index contributed by atoms with van der Waals surface area (Å²) in [6.45, 7) is 6.49. The van der Waals surface area contributed by atoms with Gasteiger partial charge in [-0.3, -0.25) is 9.59 Å². The van der Waals surface area contributed by atoms with Crippen molar-refractivity contribution in [1.82, 2.24) is 0 Å². The van der Waals surface area contributed by atoms with Gasteiger partial charge in [-0.05, 0) is 35.2 Å². The lowest BCUT2D eigenvalue weighted by atomic mass is 9.93. The number of aliphatic carboxylic acids is 1. The van der Waals surface area contributed by atoms with E-state index in [1.165, 1.54) is 11.8 Å². The molecule has 174 valence electrons. The largest absolute Gasteiger partial charge is 0.497 e. The predicted octanol–water partition coefficient (Wildman–Crippen LogP) is 4.63. The van der Waals surface area contributed by atoms with E-state index in [0.717, 1.165) is 11.1 Å². The Kier molecular flexibility index (Phi) is 7.23. The first kappa shape index (κ1) is 24.5. The number of hydrogen-bond donors (Lipinski definition) is 1. The number of carbonyl (C=O) groups excluding carboxylic acids is 1. The van der Waals surface area contributed by atoms with Crippen LogP contribution in [0.25, 0.3) is 0 Å². The molecule has 1 aliphatic rings. The van der Waals surface area contributed by atoms with E-state index < -0.39 is 16.5 Å². The van der Waals surface area contributed by atoms with E-state index in [2.05, 4.69) is 6.07 Å². The third-order valence-electron chi connectivity index (χ3n) is 5.29. The van der Waals surface area contributed by atoms with Crippen LogP contribution in [-0.4, -0.2) is 43.0 Å². The molecule has 3 rings (SSSR count). The zero-order valence-corrected chi connectivity index (χ0v) is 20.2. The molecule has 8 heteroatoms. The highest BCUT2D eigenvalue weighted by Crippen LogP contribution is 2.50. The molecule has 1 aliphatic heterocycles. The van der Waals surface area contributed by atoms with Crippen LogP contribution in [0.1, 0.15) is 49.1 Å². The van der Waals surface area contributed by atoms with Crippen LogP contribution in [0.3, 0.4) is 0 Å². The highest BCUT2D eigenvalue weighted by atomic mass is 32.2. The van der Waals surface area contributed by atoms with Crippen LogP contribution < -0.4 is 14.4 Å². The maximum atomic E-state index is 13.6. The first-order chi connectivity index (χ1) is 15.6. The molecule has 0 radical (unpaired) electrons. The summed E-state index contributed by atoms with van der Waals surface area (Å²) in [6.07, 6.45) is -0.307. The lowest BCUT2D eigenvalue weighted by Gasteiger charge is -2.31. The first-order valence-electron chi connectivity index (χ1n) is 10.5. The molecule has 0 bridgehead atoms. The van der Waals surface area contributed by atoms with Gasteiger partial charge in [0, 0.05) is 23.9 Å². The second kappa shape index (κ2) is 9.75. The minimum Gasteiger partial charge on any atom is -0.497 e. The minimum absolute atomic E-state index is 0.225. The molecule has 0 saturated carbocycles. The molecule has 2 atom stereocenters. The number of carbonyl (C=O) groups is 2. The minimum atomic E-state index is -1.04. The van der Waals surface area contributed by atoms with E-state index >= 15 is 0 Å². The number of rotatable bonds is 6. The summed E-state index contributed by atoms with van der Waals surface area (Å²) in [6, 6.07) is 12.8. The van der Waals surface area contributed by atoms with E-state index in [4.69, 9.17) is 9.47 Å². The highest BCUT2D eigenvalue weighted by molar-refractivity contribution is 8.01. The molecule has 7 nitrogen and oxygen atoms in total. The second-order valence-electron chi connectivity index (χ2n) is 9.08. The molecule has 1 amide bonds. The molecule has 0 fully saturated rings. The van der Waals surface area contributed by atoms with Crippen molar-refractivity contribution in [3.05, 3.63) is 53.1 Å². The molecular formula is C25H28N2O5S. The SMILES string of the molecule is COc1ccc(C2SC(CC(=O)O)C(=O)N(CC(C)(C)C)c3ccc(C#N)cc32)c(OC)c1. The van der Waals surface area contributed by atoms with Crippen LogP contribution in [0.4, 0.5) is 5.69 Å². The van der Waals surface area contributed by atoms with Crippen molar-refractivity contribution in [2.75, 3.05) is 25.7 Å². The Bertz CT molecular complexity index is 1100. The van der Waals surface area contributed by atoms with E-state index in [-0.39, 0.29) is 17.7 Å². The number of amides is 1. The summed E-state index contributed by atoms with van der Waals surface area (Å²) in [5.74, 6) is -0.113. The lowest BCUT2D eigenvalue weighted by molar-refractivity contribution is -0.138. The monoisotopic (exact) mass is 468 g/mol. The van der Waals surface area contributed by atoms with Gasteiger partial charge >= 0.3 is 5.97 Å². The van der Waals surface area contributed by atoms with Gasteiger partial charge in [0.15, 0.2) is 0 Å². The Labute approximate surface area is 198 Å². The molecule has 33 heavy (non-hydrogen) atoms. The first-order valence-corrected chi connectivity index (χ1v) is 11.5.